The van der Waals surface area contributed by atoms with Crippen LogP contribution in [0.25, 0.3) is 10.9 Å². The highest BCUT2D eigenvalue weighted by Crippen LogP contribution is 2.27. The van der Waals surface area contributed by atoms with E-state index in [1.54, 1.807) is 0 Å². The molecule has 2 rings (SSSR count). The van der Waals surface area contributed by atoms with Crippen LogP contribution in [0.4, 0.5) is 13.2 Å². The van der Waals surface area contributed by atoms with Crippen molar-refractivity contribution in [1.82, 2.24) is 0 Å². The fraction of sp³-hybridized carbons (Fsp3) is 0.182. The molecule has 10 heteroatoms. The number of rotatable bonds is 0. The molecule has 0 N–H and O–H groups in total. The summed E-state index contributed by atoms with van der Waals surface area (Å²) < 4.78 is 63.3. The Hall–Kier alpha value is -0.710. The zero-order valence-electron chi connectivity index (χ0n) is 10.4. The SMILES string of the molecule is C[n+]1cccc2c(Br)ccc(Br)c21.O=S(=O)([O-])C(F)(F)F. The van der Waals surface area contributed by atoms with E-state index in [9.17, 15) is 13.2 Å². The molecule has 0 aliphatic rings. The van der Waals surface area contributed by atoms with Crippen LogP contribution in [0.3, 0.4) is 0 Å². The van der Waals surface area contributed by atoms with Gasteiger partial charge in [-0.3, -0.25) is 0 Å². The molecule has 0 radical (unpaired) electrons. The van der Waals surface area contributed by atoms with Crippen molar-refractivity contribution >= 4 is 52.9 Å². The van der Waals surface area contributed by atoms with E-state index in [0.717, 1.165) is 8.95 Å². The number of aromatic nitrogens is 1. The quantitative estimate of drug-likeness (QED) is 0.351. The lowest BCUT2D eigenvalue weighted by Gasteiger charge is -2.08. The third-order valence-electron chi connectivity index (χ3n) is 2.32. The van der Waals surface area contributed by atoms with Gasteiger partial charge in [0.05, 0.1) is 9.86 Å². The van der Waals surface area contributed by atoms with Crippen molar-refractivity contribution in [3.63, 3.8) is 0 Å². The molecule has 1 heterocycles. The average molecular weight is 451 g/mol. The van der Waals surface area contributed by atoms with Crippen molar-refractivity contribution < 1.29 is 30.7 Å². The molecule has 1 aromatic heterocycles. The van der Waals surface area contributed by atoms with E-state index in [0.29, 0.717) is 0 Å². The minimum absolute atomic E-state index is 1.12. The molecule has 2 aromatic rings. The Morgan fingerprint density at radius 1 is 1.14 bits per heavy atom. The first-order chi connectivity index (χ1) is 9.45. The first kappa shape index (κ1) is 18.3. The normalized spacial score (nSPS) is 12.0. The predicted octanol–water partition coefficient (Wildman–Crippen LogP) is 3.24. The third kappa shape index (κ3) is 4.63. The van der Waals surface area contributed by atoms with E-state index >= 15 is 0 Å². The number of benzene rings is 1. The van der Waals surface area contributed by atoms with E-state index in [-0.39, 0.29) is 0 Å². The molecule has 116 valence electrons. The molecule has 21 heavy (non-hydrogen) atoms. The number of alkyl halides is 3. The second-order valence-corrected chi connectivity index (χ2v) is 6.89. The zero-order chi connectivity index (χ0) is 16.4. The molecule has 0 amide bonds. The second-order valence-electron chi connectivity index (χ2n) is 3.81. The largest absolute Gasteiger partial charge is 0.741 e. The molecule has 0 saturated heterocycles. The van der Waals surface area contributed by atoms with Crippen molar-refractivity contribution in [3.05, 3.63) is 39.4 Å². The Bertz CT molecular complexity index is 755. The summed E-state index contributed by atoms with van der Waals surface area (Å²) in [5.74, 6) is 0. The number of hydrogen-bond donors (Lipinski definition) is 0. The van der Waals surface area contributed by atoms with E-state index in [4.69, 9.17) is 13.0 Å². The van der Waals surface area contributed by atoms with Crippen molar-refractivity contribution in [3.8, 4) is 0 Å². The van der Waals surface area contributed by atoms with Crippen LogP contribution < -0.4 is 4.57 Å². The van der Waals surface area contributed by atoms with Crippen LogP contribution in [0.1, 0.15) is 0 Å². The zero-order valence-corrected chi connectivity index (χ0v) is 14.3. The van der Waals surface area contributed by atoms with Crippen LogP contribution in [-0.4, -0.2) is 18.5 Å². The molecule has 0 spiro atoms. The van der Waals surface area contributed by atoms with E-state index < -0.39 is 15.6 Å². The van der Waals surface area contributed by atoms with Gasteiger partial charge in [-0.2, -0.15) is 13.2 Å². The van der Waals surface area contributed by atoms with Gasteiger partial charge in [-0.1, -0.05) is 0 Å². The molecule has 0 atom stereocenters. The third-order valence-corrected chi connectivity index (χ3v) is 4.22. The topological polar surface area (TPSA) is 61.1 Å². The van der Waals surface area contributed by atoms with Gasteiger partial charge in [0.15, 0.2) is 16.3 Å². The highest BCUT2D eigenvalue weighted by molar-refractivity contribution is 9.11. The number of nitrogens with zero attached hydrogens (tertiary/aromatic N) is 1. The van der Waals surface area contributed by atoms with Crippen LogP contribution in [0.5, 0.6) is 0 Å². The van der Waals surface area contributed by atoms with Crippen molar-refractivity contribution in [1.29, 1.82) is 0 Å². The first-order valence-corrected chi connectivity index (χ1v) is 8.19. The smallest absolute Gasteiger partial charge is 0.485 e. The number of pyridine rings is 1. The minimum Gasteiger partial charge on any atom is -0.741 e. The standard InChI is InChI=1S/C10H8Br2N.CHF3O3S/c1-13-6-2-3-7-8(11)4-5-9(12)10(7)13;2-1(3,4)8(5,6)7/h2-6H,1H3;(H,5,6,7)/q+1;/p-1. The molecular weight excluding hydrogens is 443 g/mol. The second kappa shape index (κ2) is 6.59. The van der Waals surface area contributed by atoms with Gasteiger partial charge < -0.3 is 4.55 Å². The first-order valence-electron chi connectivity index (χ1n) is 5.19. The molecule has 0 aliphatic heterocycles. The fourth-order valence-electron chi connectivity index (χ4n) is 1.42. The lowest BCUT2D eigenvalue weighted by atomic mass is 10.2. The summed E-state index contributed by atoms with van der Waals surface area (Å²) in [5.41, 5.74) is -4.44. The van der Waals surface area contributed by atoms with Gasteiger partial charge in [0.25, 0.3) is 0 Å². The van der Waals surface area contributed by atoms with Crippen molar-refractivity contribution in [2.24, 2.45) is 7.05 Å². The van der Waals surface area contributed by atoms with Crippen LogP contribution >= 0.6 is 31.9 Å². The summed E-state index contributed by atoms with van der Waals surface area (Å²) in [6.45, 7) is 0. The number of fused-ring (bicyclic) bond motifs is 1. The Kier molecular flexibility index (Phi) is 5.76. The summed E-state index contributed by atoms with van der Waals surface area (Å²) in [6.07, 6.45) is 2.04. The summed E-state index contributed by atoms with van der Waals surface area (Å²) in [7, 11) is -4.05. The van der Waals surface area contributed by atoms with Gasteiger partial charge in [-0.05, 0) is 50.1 Å². The number of hydrogen-bond acceptors (Lipinski definition) is 3. The molecule has 4 nitrogen and oxygen atoms in total. The van der Waals surface area contributed by atoms with E-state index in [2.05, 4.69) is 42.5 Å². The Balaban J connectivity index is 0.000000240. The van der Waals surface area contributed by atoms with Crippen LogP contribution in [0, 0.1) is 0 Å². The lowest BCUT2D eigenvalue weighted by Crippen LogP contribution is -2.28. The summed E-state index contributed by atoms with van der Waals surface area (Å²) in [4.78, 5) is 0. The van der Waals surface area contributed by atoms with Crippen molar-refractivity contribution in [2.75, 3.05) is 0 Å². The monoisotopic (exact) mass is 449 g/mol. The molecular formula is C11H8Br2F3NO3S. The fourth-order valence-corrected chi connectivity index (χ4v) is 2.49. The number of aryl methyl sites for hydroxylation is 1. The summed E-state index contributed by atoms with van der Waals surface area (Å²) >= 11 is 7.07. The predicted molar refractivity (Wildman–Crippen MR) is 76.3 cm³/mol. The molecule has 0 fully saturated rings. The van der Waals surface area contributed by atoms with Gasteiger partial charge in [0.2, 0.25) is 5.52 Å². The molecule has 0 bridgehead atoms. The lowest BCUT2D eigenvalue weighted by molar-refractivity contribution is -0.645. The Morgan fingerprint density at radius 2 is 1.62 bits per heavy atom. The van der Waals surface area contributed by atoms with Gasteiger partial charge in [0, 0.05) is 10.5 Å². The van der Waals surface area contributed by atoms with E-state index in [1.165, 1.54) is 10.9 Å². The molecule has 1 aromatic carbocycles. The highest BCUT2D eigenvalue weighted by Gasteiger charge is 2.36. The summed E-state index contributed by atoms with van der Waals surface area (Å²) in [6, 6.07) is 8.24. The van der Waals surface area contributed by atoms with Crippen LogP contribution in [-0.2, 0) is 17.2 Å². The Labute approximate surface area is 135 Å². The van der Waals surface area contributed by atoms with Gasteiger partial charge in [-0.25, -0.2) is 13.0 Å². The van der Waals surface area contributed by atoms with Crippen molar-refractivity contribution in [2.45, 2.75) is 5.51 Å². The molecule has 0 unspecified atom stereocenters. The van der Waals surface area contributed by atoms with Crippen LogP contribution in [0.2, 0.25) is 0 Å². The highest BCUT2D eigenvalue weighted by atomic mass is 79.9. The van der Waals surface area contributed by atoms with Crippen LogP contribution in [0.15, 0.2) is 39.4 Å². The van der Waals surface area contributed by atoms with Gasteiger partial charge >= 0.3 is 5.51 Å². The maximum atomic E-state index is 10.7. The van der Waals surface area contributed by atoms with Gasteiger partial charge in [0.1, 0.15) is 7.05 Å². The minimum atomic E-state index is -6.09. The molecule has 0 aliphatic carbocycles. The molecule has 0 saturated carbocycles. The average Bonchev–Trinajstić information content (AvgIpc) is 2.32. The number of halogens is 5. The maximum absolute atomic E-state index is 10.7. The maximum Gasteiger partial charge on any atom is 0.485 e. The Morgan fingerprint density at radius 3 is 2.05 bits per heavy atom. The van der Waals surface area contributed by atoms with E-state index in [1.807, 2.05) is 31.4 Å². The summed E-state index contributed by atoms with van der Waals surface area (Å²) in [5, 5.41) is 1.22. The van der Waals surface area contributed by atoms with Gasteiger partial charge in [-0.15, -0.1) is 0 Å².